The number of nitrogens with zero attached hydrogens (tertiary/aromatic N) is 4. The van der Waals surface area contributed by atoms with Crippen molar-refractivity contribution in [1.82, 2.24) is 14.8 Å². The van der Waals surface area contributed by atoms with Gasteiger partial charge in [-0.05, 0) is 70.4 Å². The van der Waals surface area contributed by atoms with Crippen molar-refractivity contribution in [3.8, 4) is 39.6 Å². The van der Waals surface area contributed by atoms with E-state index in [2.05, 4.69) is 138 Å². The van der Waals surface area contributed by atoms with Crippen molar-refractivity contribution in [2.24, 2.45) is 0 Å². The number of aromatic nitrogens is 3. The molecule has 0 saturated carbocycles. The Bertz CT molecular complexity index is 2220. The van der Waals surface area contributed by atoms with E-state index in [1.807, 2.05) is 53.2 Å². The fourth-order valence-electron chi connectivity index (χ4n) is 6.01. The second-order valence-corrected chi connectivity index (χ2v) is 11.2. The van der Waals surface area contributed by atoms with E-state index in [9.17, 15) is 0 Å². The molecule has 1 heterocycles. The lowest BCUT2D eigenvalue weighted by molar-refractivity contribution is 0.890. The first-order chi connectivity index (χ1) is 22.8. The fourth-order valence-corrected chi connectivity index (χ4v) is 6.01. The van der Waals surface area contributed by atoms with E-state index < -0.39 is 0 Å². The molecular formula is C42H30N4. The maximum Gasteiger partial charge on any atom is 0.182 e. The normalized spacial score (nSPS) is 11.0. The van der Waals surface area contributed by atoms with Crippen LogP contribution >= 0.6 is 0 Å². The van der Waals surface area contributed by atoms with Gasteiger partial charge in [-0.1, -0.05) is 133 Å². The maximum atomic E-state index is 4.97. The summed E-state index contributed by atoms with van der Waals surface area (Å²) in [4.78, 5) is 7.26. The van der Waals surface area contributed by atoms with E-state index in [4.69, 9.17) is 10.1 Å². The molecule has 0 fully saturated rings. The van der Waals surface area contributed by atoms with Gasteiger partial charge in [-0.2, -0.15) is 0 Å². The van der Waals surface area contributed by atoms with E-state index in [1.54, 1.807) is 0 Å². The highest BCUT2D eigenvalue weighted by molar-refractivity contribution is 5.97. The average molecular weight is 591 g/mol. The molecule has 1 aromatic heterocycles. The molecular weight excluding hydrogens is 560 g/mol. The molecule has 0 bridgehead atoms. The Kier molecular flexibility index (Phi) is 7.14. The van der Waals surface area contributed by atoms with Crippen molar-refractivity contribution in [2.75, 3.05) is 4.90 Å². The molecule has 0 atom stereocenters. The first-order valence-electron chi connectivity index (χ1n) is 15.4. The molecule has 0 aliphatic rings. The van der Waals surface area contributed by atoms with Crippen LogP contribution in [-0.4, -0.2) is 14.8 Å². The molecule has 0 amide bonds. The Balaban J connectivity index is 1.18. The Labute approximate surface area is 268 Å². The zero-order valence-corrected chi connectivity index (χ0v) is 25.1. The summed E-state index contributed by atoms with van der Waals surface area (Å²) in [6.07, 6.45) is 0. The number of hydrogen-bond donors (Lipinski definition) is 0. The number of fused-ring (bicyclic) bond motifs is 1. The summed E-state index contributed by atoms with van der Waals surface area (Å²) in [5.74, 6) is 1.50. The lowest BCUT2D eigenvalue weighted by Crippen LogP contribution is -2.10. The van der Waals surface area contributed by atoms with Crippen LogP contribution < -0.4 is 4.90 Å². The Morgan fingerprint density at radius 2 is 0.957 bits per heavy atom. The lowest BCUT2D eigenvalue weighted by atomic mass is 9.98. The van der Waals surface area contributed by atoms with Gasteiger partial charge in [-0.25, -0.2) is 9.67 Å². The second-order valence-electron chi connectivity index (χ2n) is 11.2. The van der Waals surface area contributed by atoms with Gasteiger partial charge in [0.25, 0.3) is 0 Å². The van der Waals surface area contributed by atoms with Crippen molar-refractivity contribution in [1.29, 1.82) is 0 Å². The lowest BCUT2D eigenvalue weighted by Gasteiger charge is -2.26. The van der Waals surface area contributed by atoms with Crippen LogP contribution in [0.3, 0.4) is 0 Å². The van der Waals surface area contributed by atoms with Crippen LogP contribution in [0.4, 0.5) is 17.1 Å². The third-order valence-corrected chi connectivity index (χ3v) is 8.26. The number of hydrogen-bond acceptors (Lipinski definition) is 3. The average Bonchev–Trinajstić information content (AvgIpc) is 3.59. The van der Waals surface area contributed by atoms with E-state index >= 15 is 0 Å². The van der Waals surface area contributed by atoms with Crippen LogP contribution in [0, 0.1) is 0 Å². The third kappa shape index (κ3) is 5.23. The van der Waals surface area contributed by atoms with Gasteiger partial charge < -0.3 is 4.90 Å². The van der Waals surface area contributed by atoms with Gasteiger partial charge in [0, 0.05) is 28.2 Å². The van der Waals surface area contributed by atoms with Crippen LogP contribution in [0.2, 0.25) is 0 Å². The fraction of sp³-hybridized carbons (Fsp3) is 0. The monoisotopic (exact) mass is 590 g/mol. The summed E-state index contributed by atoms with van der Waals surface area (Å²) in [5.41, 5.74) is 8.59. The van der Waals surface area contributed by atoms with E-state index in [-0.39, 0.29) is 0 Å². The van der Waals surface area contributed by atoms with E-state index in [0.29, 0.717) is 5.82 Å². The summed E-state index contributed by atoms with van der Waals surface area (Å²) in [6.45, 7) is 0. The zero-order valence-electron chi connectivity index (χ0n) is 25.1. The quantitative estimate of drug-likeness (QED) is 0.185. The first-order valence-corrected chi connectivity index (χ1v) is 15.4. The molecule has 0 unspecified atom stereocenters. The van der Waals surface area contributed by atoms with Crippen molar-refractivity contribution >= 4 is 27.8 Å². The maximum absolute atomic E-state index is 4.97. The smallest absolute Gasteiger partial charge is 0.182 e. The topological polar surface area (TPSA) is 34.0 Å². The molecule has 4 nitrogen and oxygen atoms in total. The second kappa shape index (κ2) is 12.0. The minimum atomic E-state index is 0.695. The number of rotatable bonds is 7. The van der Waals surface area contributed by atoms with Crippen molar-refractivity contribution in [3.05, 3.63) is 182 Å². The SMILES string of the molecule is c1ccc(-c2nc(-c3ccccc3)n(-c3ccc(N(c4ccccc4)c4ccc(-c5cccc6ccccc56)cc4)cc3)n2)cc1. The summed E-state index contributed by atoms with van der Waals surface area (Å²) < 4.78 is 1.94. The molecule has 46 heavy (non-hydrogen) atoms. The summed E-state index contributed by atoms with van der Waals surface area (Å²) in [7, 11) is 0. The van der Waals surface area contributed by atoms with Gasteiger partial charge in [-0.15, -0.1) is 5.10 Å². The molecule has 8 rings (SSSR count). The highest BCUT2D eigenvalue weighted by Crippen LogP contribution is 2.37. The predicted octanol–water partition coefficient (Wildman–Crippen LogP) is 10.9. The highest BCUT2D eigenvalue weighted by atomic mass is 15.4. The molecule has 0 aliphatic carbocycles. The van der Waals surface area contributed by atoms with Crippen LogP contribution in [0.25, 0.3) is 50.4 Å². The first kappa shape index (κ1) is 27.3. The molecule has 218 valence electrons. The van der Waals surface area contributed by atoms with Gasteiger partial charge in [0.15, 0.2) is 11.6 Å². The Morgan fingerprint density at radius 3 is 1.65 bits per heavy atom. The largest absolute Gasteiger partial charge is 0.311 e. The zero-order chi connectivity index (χ0) is 30.7. The molecule has 0 spiro atoms. The minimum Gasteiger partial charge on any atom is -0.311 e. The summed E-state index contributed by atoms with van der Waals surface area (Å²) in [5, 5.41) is 7.47. The van der Waals surface area contributed by atoms with Gasteiger partial charge in [0.05, 0.1) is 5.69 Å². The molecule has 8 aromatic rings. The summed E-state index contributed by atoms with van der Waals surface area (Å²) >= 11 is 0. The molecule has 0 aliphatic heterocycles. The Morgan fingerprint density at radius 1 is 0.413 bits per heavy atom. The van der Waals surface area contributed by atoms with E-state index in [0.717, 1.165) is 39.7 Å². The van der Waals surface area contributed by atoms with Gasteiger partial charge >= 0.3 is 0 Å². The van der Waals surface area contributed by atoms with Crippen molar-refractivity contribution in [3.63, 3.8) is 0 Å². The van der Waals surface area contributed by atoms with Crippen LogP contribution in [0.1, 0.15) is 0 Å². The van der Waals surface area contributed by atoms with Crippen molar-refractivity contribution in [2.45, 2.75) is 0 Å². The molecule has 0 N–H and O–H groups in total. The Hall–Kier alpha value is -6.26. The van der Waals surface area contributed by atoms with Gasteiger partial charge in [-0.3, -0.25) is 0 Å². The highest BCUT2D eigenvalue weighted by Gasteiger charge is 2.17. The van der Waals surface area contributed by atoms with E-state index in [1.165, 1.54) is 21.9 Å². The number of benzene rings is 7. The molecule has 0 radical (unpaired) electrons. The van der Waals surface area contributed by atoms with Gasteiger partial charge in [0.1, 0.15) is 0 Å². The third-order valence-electron chi connectivity index (χ3n) is 8.26. The summed E-state index contributed by atoms with van der Waals surface area (Å²) in [6, 6.07) is 63.3. The van der Waals surface area contributed by atoms with Crippen LogP contribution in [-0.2, 0) is 0 Å². The van der Waals surface area contributed by atoms with Crippen molar-refractivity contribution < 1.29 is 0 Å². The molecule has 7 aromatic carbocycles. The van der Waals surface area contributed by atoms with Crippen LogP contribution in [0.15, 0.2) is 182 Å². The number of para-hydroxylation sites is 1. The standard InChI is InChI=1S/C42H30N4/c1-4-14-33(15-5-1)41-43-42(34-16-6-2-7-17-34)46(44-41)38-29-27-37(28-30-38)45(35-19-8-3-9-20-35)36-25-23-32(24-26-36)40-22-12-18-31-13-10-11-21-39(31)40/h1-30H. The predicted molar refractivity (Wildman–Crippen MR) is 190 cm³/mol. The van der Waals surface area contributed by atoms with Gasteiger partial charge in [0.2, 0.25) is 0 Å². The number of anilines is 3. The van der Waals surface area contributed by atoms with Crippen LogP contribution in [0.5, 0.6) is 0 Å². The molecule has 4 heteroatoms. The molecule has 0 saturated heterocycles. The minimum absolute atomic E-state index is 0.695.